The molecular weight excluding hydrogens is 330 g/mol. The van der Waals surface area contributed by atoms with Gasteiger partial charge in [0.05, 0.1) is 18.1 Å². The third-order valence-corrected chi connectivity index (χ3v) is 3.62. The summed E-state index contributed by atoms with van der Waals surface area (Å²) in [6, 6.07) is 12.2. The number of nitrogens with zero attached hydrogens (tertiary/aromatic N) is 2. The number of hydrogen-bond donors (Lipinski definition) is 1. The van der Waals surface area contributed by atoms with Crippen LogP contribution in [-0.2, 0) is 6.61 Å². The van der Waals surface area contributed by atoms with Gasteiger partial charge in [-0.2, -0.15) is 0 Å². The van der Waals surface area contributed by atoms with Gasteiger partial charge in [-0.05, 0) is 35.0 Å². The minimum atomic E-state index is 0.402. The molecule has 0 unspecified atom stereocenters. The van der Waals surface area contributed by atoms with Crippen molar-refractivity contribution in [1.82, 2.24) is 9.97 Å². The zero-order valence-corrected chi connectivity index (χ0v) is 13.1. The van der Waals surface area contributed by atoms with Crippen LogP contribution < -0.4 is 10.1 Å². The molecule has 0 bridgehead atoms. The second-order valence-electron chi connectivity index (χ2n) is 4.58. The Labute approximate surface area is 131 Å². The fourth-order valence-electron chi connectivity index (χ4n) is 2.00. The molecule has 0 fully saturated rings. The SMILES string of the molecule is CNc1cnc(COc2ccc3cc(Br)ccc3c2)cn1. The minimum absolute atomic E-state index is 0.402. The van der Waals surface area contributed by atoms with Crippen LogP contribution in [0.4, 0.5) is 5.82 Å². The summed E-state index contributed by atoms with van der Waals surface area (Å²) in [5.41, 5.74) is 0.796. The van der Waals surface area contributed by atoms with Crippen molar-refractivity contribution in [2.45, 2.75) is 6.61 Å². The quantitative estimate of drug-likeness (QED) is 0.777. The first kappa shape index (κ1) is 13.8. The molecule has 0 radical (unpaired) electrons. The fraction of sp³-hybridized carbons (Fsp3) is 0.125. The highest BCUT2D eigenvalue weighted by Gasteiger charge is 2.01. The standard InChI is InChI=1S/C16H14BrN3O/c1-18-16-9-19-14(8-20-16)10-21-15-5-3-11-6-13(17)4-2-12(11)7-15/h2-9H,10H2,1H3,(H,18,20). The van der Waals surface area contributed by atoms with Crippen molar-refractivity contribution in [1.29, 1.82) is 0 Å². The van der Waals surface area contributed by atoms with Crippen LogP contribution in [0, 0.1) is 0 Å². The maximum atomic E-state index is 5.77. The molecule has 1 aromatic heterocycles. The van der Waals surface area contributed by atoms with Crippen molar-refractivity contribution in [2.24, 2.45) is 0 Å². The average Bonchev–Trinajstić information content (AvgIpc) is 2.53. The summed E-state index contributed by atoms with van der Waals surface area (Å²) in [5, 5.41) is 5.26. The summed E-state index contributed by atoms with van der Waals surface area (Å²) in [6.45, 7) is 0.402. The lowest BCUT2D eigenvalue weighted by Gasteiger charge is -2.07. The number of nitrogens with one attached hydrogen (secondary N) is 1. The Morgan fingerprint density at radius 3 is 2.62 bits per heavy atom. The molecule has 0 aliphatic rings. The van der Waals surface area contributed by atoms with E-state index < -0.39 is 0 Å². The van der Waals surface area contributed by atoms with E-state index in [1.54, 1.807) is 12.4 Å². The third-order valence-electron chi connectivity index (χ3n) is 3.12. The Morgan fingerprint density at radius 2 is 1.86 bits per heavy atom. The van der Waals surface area contributed by atoms with E-state index in [1.807, 2.05) is 31.3 Å². The molecule has 0 spiro atoms. The van der Waals surface area contributed by atoms with Gasteiger partial charge in [0.2, 0.25) is 0 Å². The molecule has 0 amide bonds. The molecule has 0 saturated carbocycles. The number of anilines is 1. The molecule has 0 aliphatic heterocycles. The van der Waals surface area contributed by atoms with Crippen LogP contribution in [0.2, 0.25) is 0 Å². The predicted molar refractivity (Wildman–Crippen MR) is 87.6 cm³/mol. The van der Waals surface area contributed by atoms with Crippen LogP contribution >= 0.6 is 15.9 Å². The first-order chi connectivity index (χ1) is 10.2. The molecule has 106 valence electrons. The summed E-state index contributed by atoms with van der Waals surface area (Å²) in [5.74, 6) is 1.57. The molecule has 5 heteroatoms. The number of fused-ring (bicyclic) bond motifs is 1. The molecule has 1 N–H and O–H groups in total. The smallest absolute Gasteiger partial charge is 0.144 e. The molecule has 0 aliphatic carbocycles. The van der Waals surface area contributed by atoms with Crippen LogP contribution in [0.1, 0.15) is 5.69 Å². The first-order valence-corrected chi connectivity index (χ1v) is 7.35. The van der Waals surface area contributed by atoms with Crippen LogP contribution in [-0.4, -0.2) is 17.0 Å². The van der Waals surface area contributed by atoms with Crippen molar-refractivity contribution < 1.29 is 4.74 Å². The van der Waals surface area contributed by atoms with Crippen LogP contribution in [0.3, 0.4) is 0 Å². The Balaban J connectivity index is 1.73. The number of halogens is 1. The summed E-state index contributed by atoms with van der Waals surface area (Å²) < 4.78 is 6.84. The molecule has 1 heterocycles. The second kappa shape index (κ2) is 6.10. The molecule has 21 heavy (non-hydrogen) atoms. The van der Waals surface area contributed by atoms with Crippen molar-refractivity contribution in [3.8, 4) is 5.75 Å². The van der Waals surface area contributed by atoms with Crippen LogP contribution in [0.15, 0.2) is 53.3 Å². The van der Waals surface area contributed by atoms with E-state index in [0.717, 1.165) is 27.1 Å². The third kappa shape index (κ3) is 3.31. The monoisotopic (exact) mass is 343 g/mol. The summed E-state index contributed by atoms with van der Waals surface area (Å²) >= 11 is 3.47. The van der Waals surface area contributed by atoms with Gasteiger partial charge in [0.15, 0.2) is 0 Å². The summed E-state index contributed by atoms with van der Waals surface area (Å²) in [4.78, 5) is 8.49. The highest BCUT2D eigenvalue weighted by Crippen LogP contribution is 2.24. The average molecular weight is 344 g/mol. The van der Waals surface area contributed by atoms with E-state index in [-0.39, 0.29) is 0 Å². The fourth-order valence-corrected chi connectivity index (χ4v) is 2.38. The molecular formula is C16H14BrN3O. The number of benzene rings is 2. The zero-order valence-electron chi connectivity index (χ0n) is 11.5. The Bertz CT molecular complexity index is 759. The number of rotatable bonds is 4. The van der Waals surface area contributed by atoms with Gasteiger partial charge in [-0.15, -0.1) is 0 Å². The van der Waals surface area contributed by atoms with Crippen molar-refractivity contribution in [2.75, 3.05) is 12.4 Å². The number of hydrogen-bond acceptors (Lipinski definition) is 4. The maximum Gasteiger partial charge on any atom is 0.144 e. The van der Waals surface area contributed by atoms with E-state index in [2.05, 4.69) is 43.3 Å². The summed E-state index contributed by atoms with van der Waals surface area (Å²) in [6.07, 6.45) is 3.40. The lowest BCUT2D eigenvalue weighted by Crippen LogP contribution is -2.01. The Morgan fingerprint density at radius 1 is 1.05 bits per heavy atom. The van der Waals surface area contributed by atoms with E-state index in [9.17, 15) is 0 Å². The molecule has 0 saturated heterocycles. The second-order valence-corrected chi connectivity index (χ2v) is 5.50. The number of ether oxygens (including phenoxy) is 1. The highest BCUT2D eigenvalue weighted by atomic mass is 79.9. The first-order valence-electron chi connectivity index (χ1n) is 6.55. The van der Waals surface area contributed by atoms with Gasteiger partial charge in [0, 0.05) is 11.5 Å². The zero-order chi connectivity index (χ0) is 14.7. The lowest BCUT2D eigenvalue weighted by atomic mass is 10.1. The van der Waals surface area contributed by atoms with E-state index in [1.165, 1.54) is 5.39 Å². The van der Waals surface area contributed by atoms with Gasteiger partial charge in [0.1, 0.15) is 18.2 Å². The Kier molecular flexibility index (Phi) is 4.01. The van der Waals surface area contributed by atoms with Crippen LogP contribution in [0.25, 0.3) is 10.8 Å². The van der Waals surface area contributed by atoms with Gasteiger partial charge in [0.25, 0.3) is 0 Å². The lowest BCUT2D eigenvalue weighted by molar-refractivity contribution is 0.301. The van der Waals surface area contributed by atoms with Gasteiger partial charge in [-0.1, -0.05) is 28.1 Å². The topological polar surface area (TPSA) is 47.0 Å². The Hall–Kier alpha value is -2.14. The summed E-state index contributed by atoms with van der Waals surface area (Å²) in [7, 11) is 1.81. The van der Waals surface area contributed by atoms with E-state index >= 15 is 0 Å². The van der Waals surface area contributed by atoms with Crippen molar-refractivity contribution >= 4 is 32.5 Å². The minimum Gasteiger partial charge on any atom is -0.487 e. The van der Waals surface area contributed by atoms with E-state index in [4.69, 9.17) is 4.74 Å². The van der Waals surface area contributed by atoms with E-state index in [0.29, 0.717) is 6.61 Å². The largest absolute Gasteiger partial charge is 0.487 e. The molecule has 2 aromatic carbocycles. The van der Waals surface area contributed by atoms with Crippen LogP contribution in [0.5, 0.6) is 5.75 Å². The molecule has 0 atom stereocenters. The maximum absolute atomic E-state index is 5.77. The predicted octanol–water partition coefficient (Wildman–Crippen LogP) is 4.01. The normalized spacial score (nSPS) is 10.6. The number of aromatic nitrogens is 2. The van der Waals surface area contributed by atoms with Gasteiger partial charge >= 0.3 is 0 Å². The van der Waals surface area contributed by atoms with Crippen molar-refractivity contribution in [3.63, 3.8) is 0 Å². The van der Waals surface area contributed by atoms with Gasteiger partial charge < -0.3 is 10.1 Å². The molecule has 3 rings (SSSR count). The molecule has 4 nitrogen and oxygen atoms in total. The highest BCUT2D eigenvalue weighted by molar-refractivity contribution is 9.10. The molecule has 3 aromatic rings. The van der Waals surface area contributed by atoms with Gasteiger partial charge in [-0.25, -0.2) is 4.98 Å². The van der Waals surface area contributed by atoms with Gasteiger partial charge in [-0.3, -0.25) is 4.98 Å². The van der Waals surface area contributed by atoms with Crippen molar-refractivity contribution in [3.05, 3.63) is 59.0 Å².